The first-order valence-electron chi connectivity index (χ1n) is 10.4. The van der Waals surface area contributed by atoms with E-state index in [1.807, 2.05) is 4.90 Å². The summed E-state index contributed by atoms with van der Waals surface area (Å²) < 4.78 is 10.6. The van der Waals surface area contributed by atoms with Gasteiger partial charge in [-0.1, -0.05) is 0 Å². The number of nitrogens with one attached hydrogen (secondary N) is 2. The standard InChI is InChI=1S/C20H26N6O4/c1-29-7-8-30-17-15(11-22-25-17)23-19-21-10-14-16(24-19)26(18(28)20(14)5-6-20)12-3-2-4-13(27)9-12/h10-13,27H,2-9H2,1H3,(H,22,25)(H,21,23,24)/t12-,13-/m1/s1. The molecule has 2 fully saturated rings. The van der Waals surface area contributed by atoms with Crippen LogP contribution in [0.1, 0.15) is 44.1 Å². The van der Waals surface area contributed by atoms with E-state index in [1.165, 1.54) is 0 Å². The van der Waals surface area contributed by atoms with Crippen molar-refractivity contribution in [1.29, 1.82) is 0 Å². The van der Waals surface area contributed by atoms with E-state index in [1.54, 1.807) is 19.5 Å². The number of rotatable bonds is 7. The lowest BCUT2D eigenvalue weighted by atomic mass is 9.92. The number of aliphatic hydroxyl groups is 1. The molecule has 2 saturated carbocycles. The van der Waals surface area contributed by atoms with Crippen molar-refractivity contribution in [2.24, 2.45) is 0 Å². The van der Waals surface area contributed by atoms with Crippen LogP contribution in [0.2, 0.25) is 0 Å². The first-order valence-corrected chi connectivity index (χ1v) is 10.4. The molecule has 2 atom stereocenters. The third-order valence-electron chi connectivity index (χ3n) is 6.26. The second-order valence-corrected chi connectivity index (χ2v) is 8.24. The number of aromatic nitrogens is 4. The maximum absolute atomic E-state index is 13.3. The second kappa shape index (κ2) is 7.51. The number of anilines is 3. The Morgan fingerprint density at radius 2 is 2.20 bits per heavy atom. The third-order valence-corrected chi connectivity index (χ3v) is 6.26. The van der Waals surface area contributed by atoms with Gasteiger partial charge in [-0.15, -0.1) is 0 Å². The van der Waals surface area contributed by atoms with Crippen molar-refractivity contribution in [3.8, 4) is 5.88 Å². The van der Waals surface area contributed by atoms with Gasteiger partial charge in [-0.25, -0.2) is 10.1 Å². The summed E-state index contributed by atoms with van der Waals surface area (Å²) in [4.78, 5) is 24.3. The summed E-state index contributed by atoms with van der Waals surface area (Å²) >= 11 is 0. The zero-order chi connectivity index (χ0) is 20.7. The van der Waals surface area contributed by atoms with Crippen molar-refractivity contribution >= 4 is 23.4 Å². The highest BCUT2D eigenvalue weighted by atomic mass is 16.5. The van der Waals surface area contributed by atoms with Crippen LogP contribution >= 0.6 is 0 Å². The first kappa shape index (κ1) is 19.3. The van der Waals surface area contributed by atoms with Gasteiger partial charge < -0.3 is 19.9 Å². The van der Waals surface area contributed by atoms with Crippen LogP contribution in [0.3, 0.4) is 0 Å². The smallest absolute Gasteiger partial charge is 0.239 e. The van der Waals surface area contributed by atoms with Crippen molar-refractivity contribution in [3.05, 3.63) is 18.0 Å². The Balaban J connectivity index is 1.42. The largest absolute Gasteiger partial charge is 0.474 e. The maximum atomic E-state index is 13.3. The lowest BCUT2D eigenvalue weighted by molar-refractivity contribution is -0.121. The number of aromatic amines is 1. The summed E-state index contributed by atoms with van der Waals surface area (Å²) in [5, 5.41) is 20.1. The molecule has 0 bridgehead atoms. The zero-order valence-corrected chi connectivity index (χ0v) is 16.9. The molecule has 160 valence electrons. The number of H-pyrrole nitrogens is 1. The Hall–Kier alpha value is -2.72. The Labute approximate surface area is 174 Å². The van der Waals surface area contributed by atoms with Crippen LogP contribution < -0.4 is 15.0 Å². The second-order valence-electron chi connectivity index (χ2n) is 8.24. The van der Waals surface area contributed by atoms with E-state index in [0.717, 1.165) is 37.7 Å². The number of nitrogens with zero attached hydrogens (tertiary/aromatic N) is 4. The van der Waals surface area contributed by atoms with Crippen LogP contribution in [-0.2, 0) is 14.9 Å². The first-order chi connectivity index (χ1) is 14.6. The van der Waals surface area contributed by atoms with Gasteiger partial charge in [0.1, 0.15) is 18.1 Å². The highest BCUT2D eigenvalue weighted by molar-refractivity contribution is 6.09. The SMILES string of the molecule is COCCOc1[nH]ncc1Nc1ncc2c(n1)N([C@@H]1CCC[C@@H](O)C1)C(=O)C21CC1. The number of amides is 1. The van der Waals surface area contributed by atoms with E-state index in [0.29, 0.717) is 43.0 Å². The van der Waals surface area contributed by atoms with E-state index in [-0.39, 0.29) is 18.1 Å². The molecule has 30 heavy (non-hydrogen) atoms. The molecule has 1 spiro atoms. The molecule has 1 aliphatic heterocycles. The number of fused-ring (bicyclic) bond motifs is 2. The van der Waals surface area contributed by atoms with Crippen LogP contribution in [0.4, 0.5) is 17.5 Å². The molecule has 2 aromatic heterocycles. The Bertz CT molecular complexity index is 943. The number of hydrogen-bond donors (Lipinski definition) is 3. The molecule has 10 nitrogen and oxygen atoms in total. The van der Waals surface area contributed by atoms with Gasteiger partial charge in [0.25, 0.3) is 0 Å². The van der Waals surface area contributed by atoms with Gasteiger partial charge in [-0.3, -0.25) is 9.69 Å². The summed E-state index contributed by atoms with van der Waals surface area (Å²) in [6.45, 7) is 0.841. The lowest BCUT2D eigenvalue weighted by Crippen LogP contribution is -2.44. The topological polar surface area (TPSA) is 125 Å². The number of hydrogen-bond acceptors (Lipinski definition) is 8. The van der Waals surface area contributed by atoms with Crippen molar-refractivity contribution in [2.45, 2.75) is 56.1 Å². The van der Waals surface area contributed by atoms with Gasteiger partial charge in [-0.05, 0) is 38.5 Å². The summed E-state index contributed by atoms with van der Waals surface area (Å²) in [6.07, 6.45) is 7.83. The van der Waals surface area contributed by atoms with Crippen LogP contribution in [0.25, 0.3) is 0 Å². The Kier molecular flexibility index (Phi) is 4.82. The normalized spacial score (nSPS) is 24.2. The van der Waals surface area contributed by atoms with Crippen molar-refractivity contribution in [3.63, 3.8) is 0 Å². The summed E-state index contributed by atoms with van der Waals surface area (Å²) in [6, 6.07) is -0.0235. The van der Waals surface area contributed by atoms with Crippen molar-refractivity contribution in [1.82, 2.24) is 20.2 Å². The van der Waals surface area contributed by atoms with Gasteiger partial charge in [0.2, 0.25) is 17.7 Å². The molecule has 0 unspecified atom stereocenters. The van der Waals surface area contributed by atoms with Crippen LogP contribution in [-0.4, -0.2) is 63.6 Å². The molecule has 3 aliphatic rings. The van der Waals surface area contributed by atoms with Gasteiger partial charge in [0.15, 0.2) is 0 Å². The molecule has 1 amide bonds. The number of aliphatic hydroxyl groups excluding tert-OH is 1. The number of carbonyl (C=O) groups is 1. The lowest BCUT2D eigenvalue weighted by Gasteiger charge is -2.33. The third kappa shape index (κ3) is 3.20. The molecule has 2 aliphatic carbocycles. The molecule has 3 heterocycles. The highest BCUT2D eigenvalue weighted by Gasteiger charge is 2.61. The minimum atomic E-state index is -0.458. The molecular weight excluding hydrogens is 388 g/mol. The molecule has 0 aromatic carbocycles. The fourth-order valence-electron chi connectivity index (χ4n) is 4.54. The number of methoxy groups -OCH3 is 1. The molecule has 5 rings (SSSR count). The summed E-state index contributed by atoms with van der Waals surface area (Å²) in [7, 11) is 1.61. The number of ether oxygens (including phenoxy) is 2. The van der Waals surface area contributed by atoms with Crippen LogP contribution in [0.15, 0.2) is 12.4 Å². The van der Waals surface area contributed by atoms with Crippen molar-refractivity contribution in [2.75, 3.05) is 30.5 Å². The van der Waals surface area contributed by atoms with E-state index in [2.05, 4.69) is 20.5 Å². The fraction of sp³-hybridized carbons (Fsp3) is 0.600. The van der Waals surface area contributed by atoms with Gasteiger partial charge >= 0.3 is 0 Å². The van der Waals surface area contributed by atoms with E-state index < -0.39 is 5.41 Å². The van der Waals surface area contributed by atoms with E-state index in [9.17, 15) is 9.90 Å². The maximum Gasteiger partial charge on any atom is 0.239 e. The van der Waals surface area contributed by atoms with Crippen LogP contribution in [0.5, 0.6) is 5.88 Å². The van der Waals surface area contributed by atoms with Gasteiger partial charge in [0.05, 0.1) is 24.3 Å². The summed E-state index contributed by atoms with van der Waals surface area (Å²) in [5.41, 5.74) is 1.05. The van der Waals surface area contributed by atoms with E-state index >= 15 is 0 Å². The monoisotopic (exact) mass is 414 g/mol. The minimum absolute atomic E-state index is 0.0235. The predicted molar refractivity (Wildman–Crippen MR) is 108 cm³/mol. The molecule has 0 saturated heterocycles. The molecule has 0 radical (unpaired) electrons. The quantitative estimate of drug-likeness (QED) is 0.584. The van der Waals surface area contributed by atoms with Gasteiger partial charge in [-0.2, -0.15) is 10.1 Å². The molecule has 2 aromatic rings. The van der Waals surface area contributed by atoms with Gasteiger partial charge in [0, 0.05) is 24.9 Å². The van der Waals surface area contributed by atoms with Crippen LogP contribution in [0, 0.1) is 0 Å². The number of carbonyl (C=O) groups excluding carboxylic acids is 1. The Morgan fingerprint density at radius 3 is 2.97 bits per heavy atom. The molecule has 10 heteroatoms. The predicted octanol–water partition coefficient (Wildman–Crippen LogP) is 1.65. The van der Waals surface area contributed by atoms with Crippen molar-refractivity contribution < 1.29 is 19.4 Å². The fourth-order valence-corrected chi connectivity index (χ4v) is 4.54. The highest BCUT2D eigenvalue weighted by Crippen LogP contribution is 2.57. The zero-order valence-electron chi connectivity index (χ0n) is 16.9. The molecule has 3 N–H and O–H groups in total. The Morgan fingerprint density at radius 1 is 1.33 bits per heavy atom. The minimum Gasteiger partial charge on any atom is -0.474 e. The van der Waals surface area contributed by atoms with E-state index in [4.69, 9.17) is 14.5 Å². The average Bonchev–Trinajstić information content (AvgIpc) is 3.37. The average molecular weight is 414 g/mol. The summed E-state index contributed by atoms with van der Waals surface area (Å²) in [5.74, 6) is 1.62. The molecular formula is C20H26N6O4.